The van der Waals surface area contributed by atoms with Crippen LogP contribution in [0.3, 0.4) is 0 Å². The predicted molar refractivity (Wildman–Crippen MR) is 36.3 cm³/mol. The average molecular weight is 162 g/mol. The minimum absolute atomic E-state index is 0.428. The quantitative estimate of drug-likeness (QED) is 0.199. The maximum absolute atomic E-state index is 10.1. The van der Waals surface area contributed by atoms with Crippen LogP contribution < -0.4 is 11.7 Å². The number of aliphatic carboxylic acids is 1. The second-order valence-electron chi connectivity index (χ2n) is 1.61. The zero-order chi connectivity index (χ0) is 9.44. The topological polar surface area (TPSA) is 123 Å². The number of nitrogens with two attached hydrogens (primary N) is 2. The van der Waals surface area contributed by atoms with E-state index in [4.69, 9.17) is 5.11 Å². The Morgan fingerprint density at radius 2 is 1.64 bits per heavy atom. The van der Waals surface area contributed by atoms with Crippen molar-refractivity contribution in [3.05, 3.63) is 0 Å². The van der Waals surface area contributed by atoms with Gasteiger partial charge in [-0.1, -0.05) is 0 Å². The van der Waals surface area contributed by atoms with E-state index in [1.165, 1.54) is 6.92 Å². The minimum Gasteiger partial charge on any atom is -0.475 e. The first-order chi connectivity index (χ1) is 5.04. The van der Waals surface area contributed by atoms with Crippen molar-refractivity contribution in [3.63, 3.8) is 0 Å². The standard InChI is InChI=1S/C5H6O4.H4N2/c1-3(6)2-4(7)5(8)9;1-2/h2H2,1H3,(H,8,9);1-2H2. The Morgan fingerprint density at radius 3 is 1.73 bits per heavy atom. The Hall–Kier alpha value is -1.27. The van der Waals surface area contributed by atoms with Gasteiger partial charge in [0.2, 0.25) is 5.78 Å². The van der Waals surface area contributed by atoms with Crippen LogP contribution in [0.15, 0.2) is 0 Å². The fourth-order valence-electron chi connectivity index (χ4n) is 0.302. The number of carboxylic acid groups (broad SMARTS) is 1. The van der Waals surface area contributed by atoms with Gasteiger partial charge in [0.1, 0.15) is 5.78 Å². The molecule has 5 N–H and O–H groups in total. The molecular formula is C5H10N2O4. The molecule has 0 aliphatic rings. The Morgan fingerprint density at radius 1 is 1.27 bits per heavy atom. The molecule has 0 rings (SSSR count). The highest BCUT2D eigenvalue weighted by Gasteiger charge is 2.12. The lowest BCUT2D eigenvalue weighted by atomic mass is 10.2. The first kappa shape index (κ1) is 12.4. The molecule has 0 fully saturated rings. The summed E-state index contributed by atoms with van der Waals surface area (Å²) >= 11 is 0. The Labute approximate surface area is 63.1 Å². The van der Waals surface area contributed by atoms with E-state index in [-0.39, 0.29) is 0 Å². The Bertz CT molecular complexity index is 166. The number of hydrogen-bond acceptors (Lipinski definition) is 5. The zero-order valence-corrected chi connectivity index (χ0v) is 6.03. The SMILES string of the molecule is CC(=O)CC(=O)C(=O)O.NN. The molecule has 0 saturated carbocycles. The molecule has 0 heterocycles. The molecule has 0 aliphatic carbocycles. The minimum atomic E-state index is -1.55. The van der Waals surface area contributed by atoms with E-state index in [0.29, 0.717) is 0 Å². The normalized spacial score (nSPS) is 7.55. The van der Waals surface area contributed by atoms with E-state index in [1.807, 2.05) is 0 Å². The predicted octanol–water partition coefficient (Wildman–Crippen LogP) is -1.56. The molecule has 11 heavy (non-hydrogen) atoms. The van der Waals surface area contributed by atoms with Crippen molar-refractivity contribution in [2.75, 3.05) is 0 Å². The molecule has 0 spiro atoms. The smallest absolute Gasteiger partial charge is 0.372 e. The van der Waals surface area contributed by atoms with Gasteiger partial charge < -0.3 is 5.11 Å². The van der Waals surface area contributed by atoms with Crippen LogP contribution in [-0.4, -0.2) is 22.6 Å². The van der Waals surface area contributed by atoms with Gasteiger partial charge in [-0.15, -0.1) is 0 Å². The molecule has 0 aromatic rings. The van der Waals surface area contributed by atoms with Gasteiger partial charge >= 0.3 is 5.97 Å². The molecule has 0 aliphatic heterocycles. The van der Waals surface area contributed by atoms with Crippen LogP contribution in [0.5, 0.6) is 0 Å². The fourth-order valence-corrected chi connectivity index (χ4v) is 0.302. The van der Waals surface area contributed by atoms with E-state index in [0.717, 1.165) is 0 Å². The number of Topliss-reactive ketones (excluding diaryl/α,β-unsaturated/α-hetero) is 2. The van der Waals surface area contributed by atoms with Crippen LogP contribution in [0.2, 0.25) is 0 Å². The van der Waals surface area contributed by atoms with Gasteiger partial charge in [-0.3, -0.25) is 21.3 Å². The highest BCUT2D eigenvalue weighted by Crippen LogP contribution is 1.83. The number of hydrazine groups is 1. The van der Waals surface area contributed by atoms with Gasteiger partial charge in [-0.2, -0.15) is 0 Å². The van der Waals surface area contributed by atoms with Crippen LogP contribution >= 0.6 is 0 Å². The van der Waals surface area contributed by atoms with Gasteiger partial charge in [-0.25, -0.2) is 4.79 Å². The number of hydrogen-bond donors (Lipinski definition) is 3. The molecular weight excluding hydrogens is 152 g/mol. The average Bonchev–Trinajstić information content (AvgIpc) is 1.90. The van der Waals surface area contributed by atoms with Crippen LogP contribution in [0.1, 0.15) is 13.3 Å². The van der Waals surface area contributed by atoms with E-state index in [1.54, 1.807) is 0 Å². The van der Waals surface area contributed by atoms with Crippen molar-refractivity contribution in [1.82, 2.24) is 0 Å². The van der Waals surface area contributed by atoms with Gasteiger partial charge in [0.05, 0.1) is 6.42 Å². The van der Waals surface area contributed by atoms with Crippen LogP contribution in [0.25, 0.3) is 0 Å². The van der Waals surface area contributed by atoms with Crippen molar-refractivity contribution in [1.29, 1.82) is 0 Å². The van der Waals surface area contributed by atoms with Crippen molar-refractivity contribution >= 4 is 17.5 Å². The lowest BCUT2D eigenvalue weighted by Crippen LogP contribution is -2.15. The van der Waals surface area contributed by atoms with Crippen molar-refractivity contribution in [2.45, 2.75) is 13.3 Å². The van der Waals surface area contributed by atoms with E-state index in [2.05, 4.69) is 11.7 Å². The second-order valence-corrected chi connectivity index (χ2v) is 1.61. The largest absolute Gasteiger partial charge is 0.475 e. The lowest BCUT2D eigenvalue weighted by Gasteiger charge is -1.86. The van der Waals surface area contributed by atoms with Gasteiger partial charge in [0.25, 0.3) is 0 Å². The van der Waals surface area contributed by atoms with E-state index < -0.39 is 24.0 Å². The molecule has 0 radical (unpaired) electrons. The number of rotatable bonds is 3. The second kappa shape index (κ2) is 6.84. The van der Waals surface area contributed by atoms with Crippen LogP contribution in [0.4, 0.5) is 0 Å². The van der Waals surface area contributed by atoms with Crippen LogP contribution in [0, 0.1) is 0 Å². The third-order valence-corrected chi connectivity index (χ3v) is 0.648. The number of carbonyl (C=O) groups excluding carboxylic acids is 2. The van der Waals surface area contributed by atoms with Crippen molar-refractivity contribution in [3.8, 4) is 0 Å². The first-order valence-electron chi connectivity index (χ1n) is 2.63. The summed E-state index contributed by atoms with van der Waals surface area (Å²) in [7, 11) is 0. The molecule has 6 nitrogen and oxygen atoms in total. The molecule has 0 aromatic carbocycles. The van der Waals surface area contributed by atoms with Gasteiger partial charge in [-0.05, 0) is 6.92 Å². The molecule has 0 unspecified atom stereocenters. The third kappa shape index (κ3) is 8.73. The summed E-state index contributed by atoms with van der Waals surface area (Å²) in [6.45, 7) is 1.17. The Balaban J connectivity index is 0. The highest BCUT2D eigenvalue weighted by molar-refractivity contribution is 6.36. The van der Waals surface area contributed by atoms with Gasteiger partial charge in [0, 0.05) is 0 Å². The van der Waals surface area contributed by atoms with Crippen molar-refractivity contribution < 1.29 is 19.5 Å². The summed E-state index contributed by atoms with van der Waals surface area (Å²) in [6, 6.07) is 0. The van der Waals surface area contributed by atoms with Crippen LogP contribution in [-0.2, 0) is 14.4 Å². The third-order valence-electron chi connectivity index (χ3n) is 0.648. The summed E-state index contributed by atoms with van der Waals surface area (Å²) in [6.07, 6.45) is -0.505. The van der Waals surface area contributed by atoms with E-state index in [9.17, 15) is 14.4 Å². The lowest BCUT2D eigenvalue weighted by molar-refractivity contribution is -0.150. The summed E-state index contributed by atoms with van der Waals surface area (Å²) in [4.78, 5) is 29.9. The monoisotopic (exact) mass is 162 g/mol. The summed E-state index contributed by atoms with van der Waals surface area (Å²) in [5.74, 6) is 4.97. The maximum atomic E-state index is 10.1. The molecule has 0 saturated heterocycles. The maximum Gasteiger partial charge on any atom is 0.372 e. The number of ketones is 2. The molecule has 0 bridgehead atoms. The van der Waals surface area contributed by atoms with Gasteiger partial charge in [0.15, 0.2) is 0 Å². The number of carboxylic acids is 1. The highest BCUT2D eigenvalue weighted by atomic mass is 16.4. The first-order valence-corrected chi connectivity index (χ1v) is 2.63. The zero-order valence-electron chi connectivity index (χ0n) is 6.03. The molecule has 0 aromatic heterocycles. The molecule has 6 heteroatoms. The summed E-state index contributed by atoms with van der Waals surface area (Å²) < 4.78 is 0. The fraction of sp³-hybridized carbons (Fsp3) is 0.400. The number of carbonyl (C=O) groups is 3. The Kier molecular flexibility index (Phi) is 7.72. The molecule has 0 amide bonds. The molecule has 0 atom stereocenters. The van der Waals surface area contributed by atoms with E-state index >= 15 is 0 Å². The molecule has 64 valence electrons. The summed E-state index contributed by atoms with van der Waals surface area (Å²) in [5.41, 5.74) is 0. The summed E-state index contributed by atoms with van der Waals surface area (Å²) in [5, 5.41) is 7.93. The van der Waals surface area contributed by atoms with Crippen molar-refractivity contribution in [2.24, 2.45) is 11.7 Å².